The molecule has 0 spiro atoms. The molecule has 1 fully saturated rings. The van der Waals surface area contributed by atoms with Crippen LogP contribution in [0.3, 0.4) is 0 Å². The zero-order valence-electron chi connectivity index (χ0n) is 17.4. The molecule has 1 atom stereocenters. The van der Waals surface area contributed by atoms with Crippen molar-refractivity contribution in [3.8, 4) is 0 Å². The number of nitrogens with zero attached hydrogens (tertiary/aromatic N) is 2. The number of H-pyrrole nitrogens is 1. The first-order valence-corrected chi connectivity index (χ1v) is 12.1. The molecule has 2 aliphatic carbocycles. The summed E-state index contributed by atoms with van der Waals surface area (Å²) >= 11 is 1.40. The van der Waals surface area contributed by atoms with Gasteiger partial charge in [-0.15, -0.1) is 5.10 Å². The smallest absolute Gasteiger partial charge is 0.230 e. The van der Waals surface area contributed by atoms with Crippen LogP contribution in [0.1, 0.15) is 80.4 Å². The van der Waals surface area contributed by atoms with Gasteiger partial charge in [0.25, 0.3) is 0 Å². The van der Waals surface area contributed by atoms with Crippen LogP contribution in [-0.2, 0) is 24.1 Å². The molecule has 4 rings (SSSR count). The third-order valence-electron chi connectivity index (χ3n) is 6.36. The molecule has 2 aliphatic rings. The zero-order chi connectivity index (χ0) is 20.1. The molecular weight excluding hydrogens is 380 g/mol. The Morgan fingerprint density at radius 2 is 2.00 bits per heavy atom. The topological polar surface area (TPSA) is 70.7 Å². The van der Waals surface area contributed by atoms with E-state index in [9.17, 15) is 4.79 Å². The average Bonchev–Trinajstić information content (AvgIpc) is 3.42. The van der Waals surface area contributed by atoms with Gasteiger partial charge in [-0.05, 0) is 61.6 Å². The molecule has 1 aromatic heterocycles. The van der Waals surface area contributed by atoms with Gasteiger partial charge >= 0.3 is 0 Å². The van der Waals surface area contributed by atoms with Gasteiger partial charge < -0.3 is 5.32 Å². The Bertz CT molecular complexity index is 828. The molecule has 2 aromatic rings. The fourth-order valence-corrected chi connectivity index (χ4v) is 5.24. The molecule has 1 heterocycles. The van der Waals surface area contributed by atoms with E-state index in [1.54, 1.807) is 0 Å². The van der Waals surface area contributed by atoms with Crippen molar-refractivity contribution < 1.29 is 4.79 Å². The minimum atomic E-state index is 0.0180. The predicted octanol–water partition coefficient (Wildman–Crippen LogP) is 4.78. The van der Waals surface area contributed by atoms with E-state index in [1.165, 1.54) is 79.8 Å². The van der Waals surface area contributed by atoms with Crippen LogP contribution in [0.25, 0.3) is 0 Å². The second-order valence-corrected chi connectivity index (χ2v) is 9.51. The highest BCUT2D eigenvalue weighted by Gasteiger charge is 2.17. The molecule has 156 valence electrons. The summed E-state index contributed by atoms with van der Waals surface area (Å²) in [6, 6.07) is 6.69. The first kappa shape index (κ1) is 20.5. The zero-order valence-corrected chi connectivity index (χ0v) is 18.2. The van der Waals surface area contributed by atoms with Crippen molar-refractivity contribution in [1.29, 1.82) is 0 Å². The van der Waals surface area contributed by atoms with Crippen LogP contribution in [0.15, 0.2) is 23.4 Å². The summed E-state index contributed by atoms with van der Waals surface area (Å²) in [6.45, 7) is 2.06. The van der Waals surface area contributed by atoms with Crippen LogP contribution >= 0.6 is 11.8 Å². The van der Waals surface area contributed by atoms with Crippen molar-refractivity contribution in [2.24, 2.45) is 5.92 Å². The van der Waals surface area contributed by atoms with Crippen LogP contribution in [0.2, 0.25) is 0 Å². The fourth-order valence-electron chi connectivity index (χ4n) is 4.61. The number of fused-ring (bicyclic) bond motifs is 1. The number of thioether (sulfide) groups is 1. The molecule has 6 heteroatoms. The fraction of sp³-hybridized carbons (Fsp3) is 0.609. The number of rotatable bonds is 8. The lowest BCUT2D eigenvalue weighted by Gasteiger charge is -2.20. The summed E-state index contributed by atoms with van der Waals surface area (Å²) in [5.74, 6) is 2.17. The number of nitrogens with one attached hydrogen (secondary N) is 2. The Morgan fingerprint density at radius 1 is 1.21 bits per heavy atom. The molecule has 0 bridgehead atoms. The highest BCUT2D eigenvalue weighted by molar-refractivity contribution is 7.99. The Balaban J connectivity index is 1.22. The average molecular weight is 413 g/mol. The maximum absolute atomic E-state index is 12.4. The van der Waals surface area contributed by atoms with E-state index >= 15 is 0 Å². The summed E-state index contributed by atoms with van der Waals surface area (Å²) in [5, 5.41) is 11.1. The van der Waals surface area contributed by atoms with Crippen LogP contribution in [0.5, 0.6) is 0 Å². The summed E-state index contributed by atoms with van der Waals surface area (Å²) in [4.78, 5) is 16.9. The lowest BCUT2D eigenvalue weighted by Crippen LogP contribution is -2.28. The number of hydrogen-bond donors (Lipinski definition) is 2. The van der Waals surface area contributed by atoms with Crippen LogP contribution in [-0.4, -0.2) is 26.8 Å². The van der Waals surface area contributed by atoms with Gasteiger partial charge in [0.2, 0.25) is 11.1 Å². The number of amides is 1. The Kier molecular flexibility index (Phi) is 6.90. The first-order valence-electron chi connectivity index (χ1n) is 11.1. The highest BCUT2D eigenvalue weighted by atomic mass is 32.2. The van der Waals surface area contributed by atoms with Gasteiger partial charge in [-0.2, -0.15) is 0 Å². The number of aromatic nitrogens is 3. The minimum absolute atomic E-state index is 0.0180. The quantitative estimate of drug-likeness (QED) is 0.612. The number of hydrogen-bond acceptors (Lipinski definition) is 4. The van der Waals surface area contributed by atoms with Gasteiger partial charge in [-0.3, -0.25) is 9.89 Å². The predicted molar refractivity (Wildman–Crippen MR) is 117 cm³/mol. The van der Waals surface area contributed by atoms with E-state index in [0.717, 1.165) is 24.6 Å². The Labute approximate surface area is 177 Å². The summed E-state index contributed by atoms with van der Waals surface area (Å²) in [7, 11) is 0. The van der Waals surface area contributed by atoms with E-state index in [1.807, 2.05) is 0 Å². The van der Waals surface area contributed by atoms with Crippen LogP contribution < -0.4 is 5.32 Å². The molecule has 1 unspecified atom stereocenters. The highest BCUT2D eigenvalue weighted by Crippen LogP contribution is 2.28. The molecule has 0 aliphatic heterocycles. The van der Waals surface area contributed by atoms with Gasteiger partial charge in [-0.25, -0.2) is 4.98 Å². The van der Waals surface area contributed by atoms with Gasteiger partial charge in [0, 0.05) is 6.42 Å². The molecule has 2 N–H and O–H groups in total. The van der Waals surface area contributed by atoms with Crippen molar-refractivity contribution in [1.82, 2.24) is 20.5 Å². The number of carbonyl (C=O) groups excluding carboxylic acids is 1. The normalized spacial score (nSPS) is 17.8. The van der Waals surface area contributed by atoms with Crippen LogP contribution in [0.4, 0.5) is 0 Å². The monoisotopic (exact) mass is 412 g/mol. The lowest BCUT2D eigenvalue weighted by atomic mass is 9.89. The lowest BCUT2D eigenvalue weighted by molar-refractivity contribution is -0.119. The second-order valence-electron chi connectivity index (χ2n) is 8.57. The SMILES string of the molecule is CC(NC(=O)CSc1n[nH]c(CCC2CCCC2)n1)c1ccc2c(c1)CCCC2. The summed E-state index contributed by atoms with van der Waals surface area (Å²) in [5.41, 5.74) is 4.12. The molecular formula is C23H32N4OS. The standard InChI is InChI=1S/C23H32N4OS/c1-16(19-12-11-18-8-4-5-9-20(18)14-19)24-22(28)15-29-23-25-21(26-27-23)13-10-17-6-2-3-7-17/h11-12,14,16-17H,2-10,13,15H2,1H3,(H,24,28)(H,25,26,27). The van der Waals surface area contributed by atoms with Gasteiger partial charge in [-0.1, -0.05) is 55.6 Å². The molecule has 0 radical (unpaired) electrons. The van der Waals surface area contributed by atoms with Gasteiger partial charge in [0.05, 0.1) is 11.8 Å². The van der Waals surface area contributed by atoms with E-state index < -0.39 is 0 Å². The Hall–Kier alpha value is -1.82. The number of carbonyl (C=O) groups is 1. The van der Waals surface area contributed by atoms with E-state index in [-0.39, 0.29) is 11.9 Å². The third-order valence-corrected chi connectivity index (χ3v) is 7.21. The van der Waals surface area contributed by atoms with Crippen molar-refractivity contribution in [2.75, 3.05) is 5.75 Å². The second kappa shape index (κ2) is 9.79. The number of benzene rings is 1. The Morgan fingerprint density at radius 3 is 2.83 bits per heavy atom. The number of aromatic amines is 1. The minimum Gasteiger partial charge on any atom is -0.349 e. The van der Waals surface area contributed by atoms with Crippen molar-refractivity contribution in [3.05, 3.63) is 40.7 Å². The van der Waals surface area contributed by atoms with E-state index in [0.29, 0.717) is 10.9 Å². The molecule has 1 amide bonds. The maximum Gasteiger partial charge on any atom is 0.230 e. The summed E-state index contributed by atoms with van der Waals surface area (Å²) < 4.78 is 0. The summed E-state index contributed by atoms with van der Waals surface area (Å²) in [6.07, 6.45) is 12.5. The number of aryl methyl sites for hydroxylation is 3. The van der Waals surface area contributed by atoms with E-state index in [2.05, 4.69) is 45.6 Å². The van der Waals surface area contributed by atoms with Crippen molar-refractivity contribution in [3.63, 3.8) is 0 Å². The maximum atomic E-state index is 12.4. The molecule has 1 saturated carbocycles. The molecule has 29 heavy (non-hydrogen) atoms. The van der Waals surface area contributed by atoms with Gasteiger partial charge in [0.1, 0.15) is 5.82 Å². The van der Waals surface area contributed by atoms with Crippen molar-refractivity contribution in [2.45, 2.75) is 82.3 Å². The first-order chi connectivity index (χ1) is 14.2. The largest absolute Gasteiger partial charge is 0.349 e. The molecule has 1 aromatic carbocycles. The van der Waals surface area contributed by atoms with Crippen LogP contribution in [0, 0.1) is 5.92 Å². The van der Waals surface area contributed by atoms with Crippen molar-refractivity contribution >= 4 is 17.7 Å². The third kappa shape index (κ3) is 5.62. The van der Waals surface area contributed by atoms with Gasteiger partial charge in [0.15, 0.2) is 0 Å². The molecule has 5 nitrogen and oxygen atoms in total. The van der Waals surface area contributed by atoms with E-state index in [4.69, 9.17) is 0 Å². The molecule has 0 saturated heterocycles.